The predicted molar refractivity (Wildman–Crippen MR) is 116 cm³/mol. The minimum atomic E-state index is -3.32. The normalized spacial score (nSPS) is 17.2. The summed E-state index contributed by atoms with van der Waals surface area (Å²) in [5.74, 6) is -0.866. The van der Waals surface area contributed by atoms with E-state index >= 15 is 0 Å². The van der Waals surface area contributed by atoms with E-state index < -0.39 is 21.8 Å². The maximum atomic E-state index is 12.9. The molecule has 0 fully saturated rings. The third-order valence-electron chi connectivity index (χ3n) is 4.80. The third-order valence-corrected chi connectivity index (χ3v) is 6.18. The van der Waals surface area contributed by atoms with E-state index in [1.165, 1.54) is 28.0 Å². The zero-order valence-electron chi connectivity index (χ0n) is 16.7. The van der Waals surface area contributed by atoms with Crippen LogP contribution in [0.3, 0.4) is 0 Å². The Morgan fingerprint density at radius 1 is 0.900 bits per heavy atom. The van der Waals surface area contributed by atoms with E-state index in [9.17, 15) is 18.0 Å². The molecule has 1 unspecified atom stereocenters. The summed E-state index contributed by atoms with van der Waals surface area (Å²) >= 11 is 0. The summed E-state index contributed by atoms with van der Waals surface area (Å²) in [5.41, 5.74) is 1.87. The molecule has 6 nitrogen and oxygen atoms in total. The number of sulfone groups is 1. The molecule has 1 heterocycles. The van der Waals surface area contributed by atoms with Gasteiger partial charge in [-0.3, -0.25) is 9.59 Å². The standard InChI is InChI=1S/C23H24N2O4S/c1-24(16-19-8-4-2-5-9-19)22(26)12-13-23(27)25(17-20-10-6-3-7-11-20)21-14-15-30(28,29)18-21/h2-15,21H,16-18H2,1H3. The summed E-state index contributed by atoms with van der Waals surface area (Å²) in [4.78, 5) is 28.3. The molecule has 0 aromatic heterocycles. The number of carbonyl (C=O) groups is 2. The SMILES string of the molecule is CN(Cc1ccccc1)C(=O)C=CC(=O)N(Cc1ccccc1)C1C=CS(=O)(=O)C1. The van der Waals surface area contributed by atoms with Gasteiger partial charge in [0.2, 0.25) is 11.8 Å². The van der Waals surface area contributed by atoms with E-state index in [-0.39, 0.29) is 18.2 Å². The first-order valence-electron chi connectivity index (χ1n) is 9.57. The highest BCUT2D eigenvalue weighted by atomic mass is 32.2. The summed E-state index contributed by atoms with van der Waals surface area (Å²) in [5, 5.41) is 1.14. The van der Waals surface area contributed by atoms with Crippen molar-refractivity contribution in [2.45, 2.75) is 19.1 Å². The van der Waals surface area contributed by atoms with Crippen molar-refractivity contribution in [3.8, 4) is 0 Å². The number of benzene rings is 2. The van der Waals surface area contributed by atoms with Gasteiger partial charge in [-0.2, -0.15) is 0 Å². The molecule has 0 saturated heterocycles. The average molecular weight is 425 g/mol. The minimum Gasteiger partial charge on any atom is -0.338 e. The smallest absolute Gasteiger partial charge is 0.247 e. The Morgan fingerprint density at radius 3 is 1.97 bits per heavy atom. The molecule has 3 rings (SSSR count). The van der Waals surface area contributed by atoms with Gasteiger partial charge >= 0.3 is 0 Å². The molecule has 0 spiro atoms. The first-order chi connectivity index (χ1) is 14.3. The van der Waals surface area contributed by atoms with E-state index in [0.717, 1.165) is 16.5 Å². The summed E-state index contributed by atoms with van der Waals surface area (Å²) in [6.07, 6.45) is 3.97. The van der Waals surface area contributed by atoms with Gasteiger partial charge < -0.3 is 9.80 Å². The summed E-state index contributed by atoms with van der Waals surface area (Å²) in [7, 11) is -1.65. The Hall–Kier alpha value is -3.19. The highest BCUT2D eigenvalue weighted by Gasteiger charge is 2.29. The van der Waals surface area contributed by atoms with Gasteiger partial charge in [-0.1, -0.05) is 60.7 Å². The molecular formula is C23H24N2O4S. The number of hydrogen-bond donors (Lipinski definition) is 0. The number of amides is 2. The first-order valence-corrected chi connectivity index (χ1v) is 11.3. The second-order valence-corrected chi connectivity index (χ2v) is 9.12. The van der Waals surface area contributed by atoms with Crippen LogP contribution in [0.25, 0.3) is 0 Å². The summed E-state index contributed by atoms with van der Waals surface area (Å²) in [6.45, 7) is 0.679. The molecule has 2 aromatic carbocycles. The fourth-order valence-electron chi connectivity index (χ4n) is 3.19. The van der Waals surface area contributed by atoms with Crippen LogP contribution in [0.5, 0.6) is 0 Å². The van der Waals surface area contributed by atoms with Gasteiger partial charge in [-0.25, -0.2) is 8.42 Å². The summed E-state index contributed by atoms with van der Waals surface area (Å²) in [6, 6.07) is 18.3. The molecule has 2 aromatic rings. The van der Waals surface area contributed by atoms with Gasteiger partial charge in [0.25, 0.3) is 0 Å². The summed E-state index contributed by atoms with van der Waals surface area (Å²) < 4.78 is 23.7. The number of nitrogens with zero attached hydrogens (tertiary/aromatic N) is 2. The van der Waals surface area contributed by atoms with Crippen LogP contribution in [-0.4, -0.2) is 48.9 Å². The van der Waals surface area contributed by atoms with Crippen LogP contribution in [0.4, 0.5) is 0 Å². The Kier molecular flexibility index (Phi) is 6.84. The molecule has 7 heteroatoms. The van der Waals surface area contributed by atoms with Crippen molar-refractivity contribution < 1.29 is 18.0 Å². The number of carbonyl (C=O) groups excluding carboxylic acids is 2. The molecule has 0 N–H and O–H groups in total. The van der Waals surface area contributed by atoms with Crippen molar-refractivity contribution in [2.24, 2.45) is 0 Å². The zero-order valence-corrected chi connectivity index (χ0v) is 17.5. The molecule has 1 atom stereocenters. The lowest BCUT2D eigenvalue weighted by atomic mass is 10.1. The Balaban J connectivity index is 1.70. The van der Waals surface area contributed by atoms with Gasteiger partial charge in [0.1, 0.15) is 0 Å². The first kappa shape index (κ1) is 21.5. The molecule has 2 amide bonds. The Morgan fingerprint density at radius 2 is 1.43 bits per heavy atom. The zero-order chi connectivity index (χ0) is 21.6. The van der Waals surface area contributed by atoms with Crippen molar-refractivity contribution in [2.75, 3.05) is 12.8 Å². The second kappa shape index (κ2) is 9.54. The maximum Gasteiger partial charge on any atom is 0.247 e. The lowest BCUT2D eigenvalue weighted by molar-refractivity contribution is -0.129. The quantitative estimate of drug-likeness (QED) is 0.640. The number of likely N-dealkylation sites (N-methyl/N-ethyl adjacent to an activating group) is 1. The van der Waals surface area contributed by atoms with Gasteiger partial charge in [0.05, 0.1) is 11.8 Å². The lowest BCUT2D eigenvalue weighted by Crippen LogP contribution is -2.39. The fraction of sp³-hybridized carbons (Fsp3) is 0.217. The number of hydrogen-bond acceptors (Lipinski definition) is 4. The molecule has 0 aliphatic carbocycles. The van der Waals surface area contributed by atoms with E-state index in [0.29, 0.717) is 6.54 Å². The predicted octanol–water partition coefficient (Wildman–Crippen LogP) is 2.54. The highest BCUT2D eigenvalue weighted by molar-refractivity contribution is 7.94. The Bertz CT molecular complexity index is 1050. The van der Waals surface area contributed by atoms with Crippen LogP contribution in [0.15, 0.2) is 84.3 Å². The topological polar surface area (TPSA) is 74.8 Å². The van der Waals surface area contributed by atoms with Crippen LogP contribution >= 0.6 is 0 Å². The average Bonchev–Trinajstić information content (AvgIpc) is 3.10. The van der Waals surface area contributed by atoms with E-state index in [4.69, 9.17) is 0 Å². The van der Waals surface area contributed by atoms with Crippen LogP contribution in [0, 0.1) is 0 Å². The maximum absolute atomic E-state index is 12.9. The molecule has 1 aliphatic rings. The van der Waals surface area contributed by atoms with Crippen LogP contribution in [-0.2, 0) is 32.5 Å². The van der Waals surface area contributed by atoms with Crippen molar-refractivity contribution >= 4 is 21.7 Å². The largest absolute Gasteiger partial charge is 0.338 e. The van der Waals surface area contributed by atoms with Crippen LogP contribution in [0.1, 0.15) is 11.1 Å². The lowest BCUT2D eigenvalue weighted by Gasteiger charge is -2.26. The van der Waals surface area contributed by atoms with Gasteiger partial charge in [0.15, 0.2) is 9.84 Å². The van der Waals surface area contributed by atoms with Crippen molar-refractivity contribution in [3.63, 3.8) is 0 Å². The molecule has 30 heavy (non-hydrogen) atoms. The molecule has 0 saturated carbocycles. The van der Waals surface area contributed by atoms with Crippen molar-refractivity contribution in [1.82, 2.24) is 9.80 Å². The second-order valence-electron chi connectivity index (χ2n) is 7.19. The molecule has 0 bridgehead atoms. The van der Waals surface area contributed by atoms with E-state index in [1.807, 2.05) is 60.7 Å². The van der Waals surface area contributed by atoms with Crippen LogP contribution < -0.4 is 0 Å². The fourth-order valence-corrected chi connectivity index (χ4v) is 4.49. The molecular weight excluding hydrogens is 400 g/mol. The number of rotatable bonds is 7. The molecule has 1 aliphatic heterocycles. The van der Waals surface area contributed by atoms with Crippen molar-refractivity contribution in [3.05, 3.63) is 95.4 Å². The molecule has 0 radical (unpaired) electrons. The van der Waals surface area contributed by atoms with Gasteiger partial charge in [0, 0.05) is 37.7 Å². The third kappa shape index (κ3) is 5.90. The minimum absolute atomic E-state index is 0.152. The highest BCUT2D eigenvalue weighted by Crippen LogP contribution is 2.18. The van der Waals surface area contributed by atoms with Gasteiger partial charge in [-0.05, 0) is 17.2 Å². The monoisotopic (exact) mass is 424 g/mol. The molecule has 156 valence electrons. The van der Waals surface area contributed by atoms with Crippen molar-refractivity contribution in [1.29, 1.82) is 0 Å². The Labute approximate surface area is 177 Å². The van der Waals surface area contributed by atoms with E-state index in [1.54, 1.807) is 7.05 Å². The van der Waals surface area contributed by atoms with Gasteiger partial charge in [-0.15, -0.1) is 0 Å². The van der Waals surface area contributed by atoms with Crippen LogP contribution in [0.2, 0.25) is 0 Å². The van der Waals surface area contributed by atoms with E-state index in [2.05, 4.69) is 0 Å².